The summed E-state index contributed by atoms with van der Waals surface area (Å²) in [6.07, 6.45) is 3.86. The molecule has 0 unspecified atom stereocenters. The number of benzene rings is 1. The quantitative estimate of drug-likeness (QED) is 0.718. The zero-order valence-corrected chi connectivity index (χ0v) is 11.1. The minimum absolute atomic E-state index is 0.756. The summed E-state index contributed by atoms with van der Waals surface area (Å²) in [6.45, 7) is 4.86. The second kappa shape index (κ2) is 4.72. The van der Waals surface area contributed by atoms with Crippen LogP contribution in [0.1, 0.15) is 17.1 Å². The third kappa shape index (κ3) is 2.29. The van der Waals surface area contributed by atoms with Gasteiger partial charge in [-0.1, -0.05) is 18.2 Å². The van der Waals surface area contributed by atoms with Gasteiger partial charge < -0.3 is 4.57 Å². The fraction of sp³-hybridized carbons (Fsp3) is 0.200. The number of hydrogen-bond acceptors (Lipinski definition) is 2. The van der Waals surface area contributed by atoms with E-state index in [1.165, 1.54) is 5.69 Å². The third-order valence-corrected chi connectivity index (χ3v) is 3.34. The molecule has 0 aliphatic carbocycles. The fourth-order valence-corrected chi connectivity index (χ4v) is 2.05. The summed E-state index contributed by atoms with van der Waals surface area (Å²) in [5.41, 5.74) is 4.37. The van der Waals surface area contributed by atoms with Crippen LogP contribution >= 0.6 is 0 Å². The molecule has 0 saturated heterocycles. The Bertz CT molecular complexity index is 679. The molecule has 0 amide bonds. The Morgan fingerprint density at radius 1 is 1.05 bits per heavy atom. The van der Waals surface area contributed by atoms with Gasteiger partial charge in [0.15, 0.2) is 0 Å². The molecule has 4 heteroatoms. The Morgan fingerprint density at radius 2 is 1.84 bits per heavy atom. The van der Waals surface area contributed by atoms with Crippen molar-refractivity contribution in [3.63, 3.8) is 0 Å². The SMILES string of the molecule is Cc1ncn(Cc2ccn(-c3ccccc3)n2)c1C. The van der Waals surface area contributed by atoms with E-state index < -0.39 is 0 Å². The Balaban J connectivity index is 1.84. The fourth-order valence-electron chi connectivity index (χ4n) is 2.05. The van der Waals surface area contributed by atoms with Crippen LogP contribution in [0.15, 0.2) is 48.9 Å². The lowest BCUT2D eigenvalue weighted by Crippen LogP contribution is -2.02. The average Bonchev–Trinajstić information content (AvgIpc) is 3.02. The molecule has 0 aliphatic heterocycles. The highest BCUT2D eigenvalue weighted by Gasteiger charge is 2.05. The standard InChI is InChI=1S/C15H16N4/c1-12-13(2)18(11-16-12)10-14-8-9-19(17-14)15-6-4-3-5-7-15/h3-9,11H,10H2,1-2H3. The zero-order valence-electron chi connectivity index (χ0n) is 11.1. The molecule has 1 aromatic carbocycles. The van der Waals surface area contributed by atoms with Crippen molar-refractivity contribution in [2.75, 3.05) is 0 Å². The molecule has 0 atom stereocenters. The number of para-hydroxylation sites is 1. The van der Waals surface area contributed by atoms with Crippen molar-refractivity contribution in [1.82, 2.24) is 19.3 Å². The predicted octanol–water partition coefficient (Wildman–Crippen LogP) is 2.73. The smallest absolute Gasteiger partial charge is 0.0955 e. The summed E-state index contributed by atoms with van der Waals surface area (Å²) < 4.78 is 4.02. The van der Waals surface area contributed by atoms with E-state index in [-0.39, 0.29) is 0 Å². The minimum Gasteiger partial charge on any atom is -0.329 e. The topological polar surface area (TPSA) is 35.6 Å². The maximum atomic E-state index is 4.59. The molecule has 3 aromatic rings. The summed E-state index contributed by atoms with van der Waals surface area (Å²) in [5.74, 6) is 0. The van der Waals surface area contributed by atoms with Crippen molar-refractivity contribution in [1.29, 1.82) is 0 Å². The van der Waals surface area contributed by atoms with Gasteiger partial charge in [-0.3, -0.25) is 0 Å². The van der Waals surface area contributed by atoms with E-state index in [1.807, 2.05) is 60.5 Å². The first-order chi connectivity index (χ1) is 9.24. The van der Waals surface area contributed by atoms with Gasteiger partial charge in [-0.05, 0) is 32.0 Å². The van der Waals surface area contributed by atoms with Crippen LogP contribution in [0.2, 0.25) is 0 Å². The van der Waals surface area contributed by atoms with Crippen LogP contribution in [0.5, 0.6) is 0 Å². The molecule has 0 N–H and O–H groups in total. The lowest BCUT2D eigenvalue weighted by Gasteiger charge is -2.03. The number of aromatic nitrogens is 4. The van der Waals surface area contributed by atoms with Gasteiger partial charge in [-0.25, -0.2) is 9.67 Å². The van der Waals surface area contributed by atoms with Gasteiger partial charge in [0.25, 0.3) is 0 Å². The van der Waals surface area contributed by atoms with E-state index in [9.17, 15) is 0 Å². The molecule has 2 heterocycles. The van der Waals surface area contributed by atoms with Gasteiger partial charge in [-0.2, -0.15) is 5.10 Å². The van der Waals surface area contributed by atoms with Gasteiger partial charge in [0.05, 0.1) is 29.9 Å². The van der Waals surface area contributed by atoms with Gasteiger partial charge in [0, 0.05) is 11.9 Å². The van der Waals surface area contributed by atoms with E-state index >= 15 is 0 Å². The number of nitrogens with zero attached hydrogens (tertiary/aromatic N) is 4. The average molecular weight is 252 g/mol. The summed E-state index contributed by atoms with van der Waals surface area (Å²) in [6, 6.07) is 12.2. The maximum Gasteiger partial charge on any atom is 0.0955 e. The van der Waals surface area contributed by atoms with E-state index in [2.05, 4.69) is 21.6 Å². The number of imidazole rings is 1. The predicted molar refractivity (Wildman–Crippen MR) is 74.4 cm³/mol. The lowest BCUT2D eigenvalue weighted by molar-refractivity contribution is 0.726. The molecule has 0 fully saturated rings. The second-order valence-electron chi connectivity index (χ2n) is 4.63. The molecular weight excluding hydrogens is 236 g/mol. The molecule has 0 saturated carbocycles. The summed E-state index contributed by atoms with van der Waals surface area (Å²) in [5, 5.41) is 4.59. The molecule has 0 radical (unpaired) electrons. The minimum atomic E-state index is 0.756. The number of hydrogen-bond donors (Lipinski definition) is 0. The number of aryl methyl sites for hydroxylation is 1. The summed E-state index contributed by atoms with van der Waals surface area (Å²) in [4.78, 5) is 4.31. The van der Waals surface area contributed by atoms with Gasteiger partial charge in [0.2, 0.25) is 0 Å². The monoisotopic (exact) mass is 252 g/mol. The van der Waals surface area contributed by atoms with Gasteiger partial charge in [-0.15, -0.1) is 0 Å². The largest absolute Gasteiger partial charge is 0.329 e. The highest BCUT2D eigenvalue weighted by Crippen LogP contribution is 2.10. The van der Waals surface area contributed by atoms with Crippen molar-refractivity contribution in [2.45, 2.75) is 20.4 Å². The van der Waals surface area contributed by atoms with Crippen LogP contribution in [-0.4, -0.2) is 19.3 Å². The zero-order chi connectivity index (χ0) is 13.2. The number of rotatable bonds is 3. The van der Waals surface area contributed by atoms with Crippen molar-refractivity contribution >= 4 is 0 Å². The van der Waals surface area contributed by atoms with Crippen molar-refractivity contribution < 1.29 is 0 Å². The molecule has 96 valence electrons. The van der Waals surface area contributed by atoms with E-state index in [0.29, 0.717) is 0 Å². The highest BCUT2D eigenvalue weighted by molar-refractivity contribution is 5.30. The van der Waals surface area contributed by atoms with E-state index in [1.54, 1.807) is 0 Å². The summed E-state index contributed by atoms with van der Waals surface area (Å²) >= 11 is 0. The van der Waals surface area contributed by atoms with Crippen molar-refractivity contribution in [3.8, 4) is 5.69 Å². The van der Waals surface area contributed by atoms with Gasteiger partial charge in [0.1, 0.15) is 0 Å². The van der Waals surface area contributed by atoms with Crippen LogP contribution < -0.4 is 0 Å². The van der Waals surface area contributed by atoms with Crippen LogP contribution in [0.3, 0.4) is 0 Å². The molecule has 0 aliphatic rings. The first kappa shape index (κ1) is 11.7. The molecule has 0 spiro atoms. The highest BCUT2D eigenvalue weighted by atomic mass is 15.3. The molecule has 3 rings (SSSR count). The Hall–Kier alpha value is -2.36. The lowest BCUT2D eigenvalue weighted by atomic mass is 10.3. The molecule has 0 bridgehead atoms. The second-order valence-corrected chi connectivity index (χ2v) is 4.63. The van der Waals surface area contributed by atoms with Crippen LogP contribution in [0.25, 0.3) is 5.69 Å². The Morgan fingerprint density at radius 3 is 2.53 bits per heavy atom. The third-order valence-electron chi connectivity index (χ3n) is 3.34. The molecule has 4 nitrogen and oxygen atoms in total. The first-order valence-electron chi connectivity index (χ1n) is 6.32. The molecule has 2 aromatic heterocycles. The normalized spacial score (nSPS) is 10.8. The van der Waals surface area contributed by atoms with Crippen LogP contribution in [-0.2, 0) is 6.54 Å². The van der Waals surface area contributed by atoms with E-state index in [4.69, 9.17) is 0 Å². The van der Waals surface area contributed by atoms with Gasteiger partial charge >= 0.3 is 0 Å². The van der Waals surface area contributed by atoms with Crippen molar-refractivity contribution in [2.24, 2.45) is 0 Å². The Labute approximate surface area is 112 Å². The van der Waals surface area contributed by atoms with Crippen LogP contribution in [0, 0.1) is 13.8 Å². The van der Waals surface area contributed by atoms with Crippen molar-refractivity contribution in [3.05, 3.63) is 66.0 Å². The molecular formula is C15H16N4. The molecule has 19 heavy (non-hydrogen) atoms. The first-order valence-corrected chi connectivity index (χ1v) is 6.32. The maximum absolute atomic E-state index is 4.59. The van der Waals surface area contributed by atoms with Crippen LogP contribution in [0.4, 0.5) is 0 Å². The summed E-state index contributed by atoms with van der Waals surface area (Å²) in [7, 11) is 0. The van der Waals surface area contributed by atoms with E-state index in [0.717, 1.165) is 23.6 Å². The Kier molecular flexibility index (Phi) is 2.91.